The Bertz CT molecular complexity index is 810. The van der Waals surface area contributed by atoms with E-state index in [1.165, 1.54) is 58.1 Å². The summed E-state index contributed by atoms with van der Waals surface area (Å²) in [6, 6.07) is 6.76. The Balaban J connectivity index is 1.58. The van der Waals surface area contributed by atoms with Crippen LogP contribution in [0.15, 0.2) is 29.3 Å². The number of rotatable bonds is 8. The van der Waals surface area contributed by atoms with Gasteiger partial charge in [-0.25, -0.2) is 4.98 Å². The number of hydrogen-bond acceptors (Lipinski definition) is 6. The molecule has 0 amide bonds. The number of nitrogens with zero attached hydrogens (tertiary/aromatic N) is 1. The van der Waals surface area contributed by atoms with Crippen LogP contribution in [0, 0.1) is 5.92 Å². The first-order valence-corrected chi connectivity index (χ1v) is 12.6. The van der Waals surface area contributed by atoms with Crippen LogP contribution in [0.3, 0.4) is 0 Å². The van der Waals surface area contributed by atoms with Gasteiger partial charge in [-0.05, 0) is 42.8 Å². The summed E-state index contributed by atoms with van der Waals surface area (Å²) in [5.74, 6) is 1.19. The van der Waals surface area contributed by atoms with Crippen LogP contribution in [-0.2, 0) is 4.74 Å². The van der Waals surface area contributed by atoms with E-state index < -0.39 is 0 Å². The maximum atomic E-state index is 5.53. The first-order chi connectivity index (χ1) is 14.1. The zero-order valence-electron chi connectivity index (χ0n) is 17.8. The van der Waals surface area contributed by atoms with Gasteiger partial charge in [0.25, 0.3) is 0 Å². The second-order valence-corrected chi connectivity index (χ2v) is 10.6. The Kier molecular flexibility index (Phi) is 6.84. The van der Waals surface area contributed by atoms with Crippen LogP contribution in [-0.4, -0.2) is 30.3 Å². The van der Waals surface area contributed by atoms with Crippen LogP contribution in [0.25, 0.3) is 10.4 Å². The second-order valence-electron chi connectivity index (χ2n) is 8.64. The molecular formula is C23H33N3OS2. The highest BCUT2D eigenvalue weighted by Gasteiger charge is 2.41. The highest BCUT2D eigenvalue weighted by atomic mass is 32.2. The van der Waals surface area contributed by atoms with Gasteiger partial charge in [0.2, 0.25) is 0 Å². The van der Waals surface area contributed by atoms with Crippen molar-refractivity contribution in [3.63, 3.8) is 0 Å². The third kappa shape index (κ3) is 4.66. The molecule has 0 bridgehead atoms. The van der Waals surface area contributed by atoms with Crippen molar-refractivity contribution in [2.24, 2.45) is 5.92 Å². The van der Waals surface area contributed by atoms with Crippen LogP contribution in [0.4, 0.5) is 5.69 Å². The summed E-state index contributed by atoms with van der Waals surface area (Å²) >= 11 is 3.61. The van der Waals surface area contributed by atoms with Crippen molar-refractivity contribution in [3.05, 3.63) is 29.4 Å². The first-order valence-electron chi connectivity index (χ1n) is 11.0. The van der Waals surface area contributed by atoms with Crippen LogP contribution in [0.1, 0.15) is 63.8 Å². The van der Waals surface area contributed by atoms with Crippen LogP contribution < -0.4 is 10.0 Å². The molecule has 1 aliphatic carbocycles. The molecule has 6 heteroatoms. The van der Waals surface area contributed by atoms with Crippen molar-refractivity contribution in [3.8, 4) is 10.4 Å². The molecule has 1 saturated carbocycles. The molecule has 4 nitrogen and oxygen atoms in total. The third-order valence-electron chi connectivity index (χ3n) is 6.27. The maximum Gasteiger partial charge on any atom is 0.0962 e. The number of thiazole rings is 1. The molecule has 2 aliphatic rings. The van der Waals surface area contributed by atoms with Gasteiger partial charge in [0, 0.05) is 34.8 Å². The summed E-state index contributed by atoms with van der Waals surface area (Å²) in [7, 11) is 0. The lowest BCUT2D eigenvalue weighted by Gasteiger charge is -2.46. The SMILES string of the molecule is CCNSc1cc(NC2(C(C)C)COC2)ccc1-c1cnc(C2CCCCC2)s1. The van der Waals surface area contributed by atoms with Crippen LogP contribution in [0.2, 0.25) is 0 Å². The predicted octanol–water partition coefficient (Wildman–Crippen LogP) is 6.31. The van der Waals surface area contributed by atoms with E-state index in [1.54, 1.807) is 11.9 Å². The largest absolute Gasteiger partial charge is 0.376 e. The van der Waals surface area contributed by atoms with Gasteiger partial charge in [-0.2, -0.15) is 0 Å². The Morgan fingerprint density at radius 2 is 2.03 bits per heavy atom. The number of ether oxygens (including phenoxy) is 1. The fourth-order valence-corrected chi connectivity index (χ4v) is 6.11. The number of nitrogens with one attached hydrogen (secondary N) is 2. The van der Waals surface area contributed by atoms with Gasteiger partial charge in [0.1, 0.15) is 0 Å². The molecule has 29 heavy (non-hydrogen) atoms. The summed E-state index contributed by atoms with van der Waals surface area (Å²) in [5.41, 5.74) is 2.51. The molecule has 2 fully saturated rings. The van der Waals surface area contributed by atoms with E-state index in [9.17, 15) is 0 Å². The van der Waals surface area contributed by atoms with Crippen molar-refractivity contribution in [2.45, 2.75) is 69.2 Å². The Hall–Kier alpha value is -1.08. The average Bonchev–Trinajstić information content (AvgIpc) is 3.19. The molecule has 2 N–H and O–H groups in total. The topological polar surface area (TPSA) is 46.2 Å². The monoisotopic (exact) mass is 431 g/mol. The molecule has 4 rings (SSSR count). The number of anilines is 1. The minimum absolute atomic E-state index is 0.0558. The minimum atomic E-state index is 0.0558. The quantitative estimate of drug-likeness (QED) is 0.480. The highest BCUT2D eigenvalue weighted by molar-refractivity contribution is 7.97. The van der Waals surface area contributed by atoms with Gasteiger partial charge in [-0.1, -0.05) is 46.1 Å². The average molecular weight is 432 g/mol. The maximum absolute atomic E-state index is 5.53. The van der Waals surface area contributed by atoms with Crippen molar-refractivity contribution >= 4 is 29.0 Å². The Morgan fingerprint density at radius 1 is 1.24 bits per heavy atom. The van der Waals surface area contributed by atoms with Crippen molar-refractivity contribution in [1.82, 2.24) is 9.71 Å². The third-order valence-corrected chi connectivity index (χ3v) is 8.45. The molecule has 1 aliphatic heterocycles. The molecule has 1 aromatic carbocycles. The molecule has 2 aromatic rings. The van der Waals surface area contributed by atoms with Gasteiger partial charge in [0.15, 0.2) is 0 Å². The zero-order valence-corrected chi connectivity index (χ0v) is 19.4. The molecule has 0 unspecified atom stereocenters. The van der Waals surface area contributed by atoms with Gasteiger partial charge in [-0.15, -0.1) is 11.3 Å². The summed E-state index contributed by atoms with van der Waals surface area (Å²) in [5, 5.41) is 5.09. The highest BCUT2D eigenvalue weighted by Crippen LogP contribution is 2.41. The van der Waals surface area contributed by atoms with E-state index in [4.69, 9.17) is 9.72 Å². The smallest absolute Gasteiger partial charge is 0.0962 e. The number of aromatic nitrogens is 1. The van der Waals surface area contributed by atoms with E-state index >= 15 is 0 Å². The lowest BCUT2D eigenvalue weighted by atomic mass is 9.84. The molecule has 0 atom stereocenters. The van der Waals surface area contributed by atoms with E-state index in [2.05, 4.69) is 55.2 Å². The van der Waals surface area contributed by atoms with Gasteiger partial charge < -0.3 is 10.1 Å². The Labute approximate surface area is 183 Å². The van der Waals surface area contributed by atoms with E-state index in [0.29, 0.717) is 11.8 Å². The van der Waals surface area contributed by atoms with E-state index in [-0.39, 0.29) is 5.54 Å². The lowest BCUT2D eigenvalue weighted by Crippen LogP contribution is -2.59. The fraction of sp³-hybridized carbons (Fsp3) is 0.609. The van der Waals surface area contributed by atoms with Crippen LogP contribution >= 0.6 is 23.3 Å². The van der Waals surface area contributed by atoms with Crippen molar-refractivity contribution in [1.29, 1.82) is 0 Å². The summed E-state index contributed by atoms with van der Waals surface area (Å²) in [4.78, 5) is 7.36. The molecule has 0 spiro atoms. The minimum Gasteiger partial charge on any atom is -0.376 e. The Morgan fingerprint density at radius 3 is 2.69 bits per heavy atom. The number of hydrogen-bond donors (Lipinski definition) is 2. The summed E-state index contributed by atoms with van der Waals surface area (Å²) in [6.45, 7) is 9.16. The normalized spacial score (nSPS) is 19.3. The first kappa shape index (κ1) is 21.2. The van der Waals surface area contributed by atoms with Gasteiger partial charge in [-0.3, -0.25) is 4.72 Å². The standard InChI is InChI=1S/C23H33N3OS2/c1-4-25-29-20-12-18(26-23(16(2)3)14-27-15-23)10-11-19(20)21-13-24-22(28-21)17-8-6-5-7-9-17/h10-13,16-17,25-26H,4-9,14-15H2,1-3H3. The molecule has 0 radical (unpaired) electrons. The van der Waals surface area contributed by atoms with E-state index in [1.807, 2.05) is 11.3 Å². The fourth-order valence-electron chi connectivity index (χ4n) is 4.15. The summed E-state index contributed by atoms with van der Waals surface area (Å²) < 4.78 is 8.97. The molecule has 1 aromatic heterocycles. The van der Waals surface area contributed by atoms with Crippen molar-refractivity contribution < 1.29 is 4.74 Å². The van der Waals surface area contributed by atoms with Gasteiger partial charge >= 0.3 is 0 Å². The van der Waals surface area contributed by atoms with Gasteiger partial charge in [0.05, 0.1) is 28.6 Å². The lowest BCUT2D eigenvalue weighted by molar-refractivity contribution is -0.0634. The van der Waals surface area contributed by atoms with E-state index in [0.717, 1.165) is 19.8 Å². The van der Waals surface area contributed by atoms with Crippen LogP contribution in [0.5, 0.6) is 0 Å². The zero-order chi connectivity index (χ0) is 20.3. The van der Waals surface area contributed by atoms with Crippen molar-refractivity contribution in [2.75, 3.05) is 25.1 Å². The molecular weight excluding hydrogens is 398 g/mol. The molecule has 2 heterocycles. The molecule has 158 valence electrons. The summed E-state index contributed by atoms with van der Waals surface area (Å²) in [6.07, 6.45) is 8.77. The molecule has 1 saturated heterocycles. The number of benzene rings is 1. The second kappa shape index (κ2) is 9.38. The predicted molar refractivity (Wildman–Crippen MR) is 125 cm³/mol.